The van der Waals surface area contributed by atoms with Crippen LogP contribution in [0.2, 0.25) is 0 Å². The van der Waals surface area contributed by atoms with E-state index in [2.05, 4.69) is 20.5 Å². The van der Waals surface area contributed by atoms with E-state index in [-0.39, 0.29) is 12.4 Å². The third-order valence-electron chi connectivity index (χ3n) is 2.22. The van der Waals surface area contributed by atoms with Crippen LogP contribution in [0.1, 0.15) is 17.5 Å². The highest BCUT2D eigenvalue weighted by Crippen LogP contribution is 2.18. The molecule has 0 spiro atoms. The monoisotopic (exact) mass is 290 g/mol. The number of carbonyl (C=O) groups is 1. The van der Waals surface area contributed by atoms with E-state index in [1.54, 1.807) is 25.5 Å². The third kappa shape index (κ3) is 4.43. The molecule has 0 saturated heterocycles. The van der Waals surface area contributed by atoms with Crippen molar-refractivity contribution in [1.82, 2.24) is 9.97 Å². The smallest absolute Gasteiger partial charge is 0.311 e. The summed E-state index contributed by atoms with van der Waals surface area (Å²) in [6.07, 6.45) is 5.17. The van der Waals surface area contributed by atoms with Crippen molar-refractivity contribution in [3.05, 3.63) is 41.2 Å². The average Bonchev–Trinajstić information content (AvgIpc) is 2.88. The highest BCUT2D eigenvalue weighted by Gasteiger charge is 2.07. The first-order valence-corrected chi connectivity index (χ1v) is 6.90. The van der Waals surface area contributed by atoms with Crippen LogP contribution in [0, 0.1) is 0 Å². The van der Waals surface area contributed by atoms with Crippen LogP contribution in [0.4, 0.5) is 5.13 Å². The molecule has 0 radical (unpaired) electrons. The number of nitrogens with zero attached hydrogens (tertiary/aromatic N) is 3. The Kier molecular flexibility index (Phi) is 5.19. The molecule has 0 fully saturated rings. The van der Waals surface area contributed by atoms with Gasteiger partial charge in [-0.2, -0.15) is 5.10 Å². The van der Waals surface area contributed by atoms with Crippen molar-refractivity contribution in [2.45, 2.75) is 13.3 Å². The van der Waals surface area contributed by atoms with Gasteiger partial charge >= 0.3 is 5.97 Å². The summed E-state index contributed by atoms with van der Waals surface area (Å²) < 4.78 is 4.88. The van der Waals surface area contributed by atoms with Gasteiger partial charge in [-0.25, -0.2) is 4.98 Å². The number of hydrogen-bond acceptors (Lipinski definition) is 7. The second-order valence-corrected chi connectivity index (χ2v) is 4.85. The van der Waals surface area contributed by atoms with Gasteiger partial charge in [0.2, 0.25) is 5.13 Å². The normalized spacial score (nSPS) is 10.7. The standard InChI is InChI=1S/C13H14N4O2S/c1-2-19-12(18)7-11-9-15-13(20-11)17-16-8-10-5-3-4-6-14-10/h3-6,8-9H,2,7H2,1H3,(H,15,17)/b16-8+. The van der Waals surface area contributed by atoms with Gasteiger partial charge in [-0.15, -0.1) is 0 Å². The van der Waals surface area contributed by atoms with Crippen molar-refractivity contribution in [3.63, 3.8) is 0 Å². The van der Waals surface area contributed by atoms with E-state index < -0.39 is 0 Å². The molecule has 1 N–H and O–H groups in total. The van der Waals surface area contributed by atoms with Crippen LogP contribution >= 0.6 is 11.3 Å². The van der Waals surface area contributed by atoms with Crippen LogP contribution in [-0.4, -0.2) is 28.8 Å². The minimum Gasteiger partial charge on any atom is -0.466 e. The SMILES string of the molecule is CCOC(=O)Cc1cnc(N/N=C/c2ccccn2)s1. The van der Waals surface area contributed by atoms with Crippen molar-refractivity contribution in [1.29, 1.82) is 0 Å². The molecule has 0 aliphatic carbocycles. The number of ether oxygens (including phenoxy) is 1. The molecule has 0 bridgehead atoms. The largest absolute Gasteiger partial charge is 0.466 e. The quantitative estimate of drug-likeness (QED) is 0.501. The zero-order valence-electron chi connectivity index (χ0n) is 10.9. The maximum absolute atomic E-state index is 11.3. The summed E-state index contributed by atoms with van der Waals surface area (Å²) >= 11 is 1.36. The molecular formula is C13H14N4O2S. The average molecular weight is 290 g/mol. The highest BCUT2D eigenvalue weighted by atomic mass is 32.1. The summed E-state index contributed by atoms with van der Waals surface area (Å²) in [6.45, 7) is 2.17. The number of anilines is 1. The predicted molar refractivity (Wildman–Crippen MR) is 77.9 cm³/mol. The fourth-order valence-corrected chi connectivity index (χ4v) is 2.15. The summed E-state index contributed by atoms with van der Waals surface area (Å²) in [6, 6.07) is 5.57. The number of hydrogen-bond donors (Lipinski definition) is 1. The summed E-state index contributed by atoms with van der Waals surface area (Å²) in [5, 5.41) is 4.66. The number of aromatic nitrogens is 2. The number of carbonyl (C=O) groups excluding carboxylic acids is 1. The lowest BCUT2D eigenvalue weighted by molar-refractivity contribution is -0.142. The molecule has 7 heteroatoms. The Morgan fingerprint density at radius 1 is 1.50 bits per heavy atom. The molecule has 2 heterocycles. The van der Waals surface area contributed by atoms with Gasteiger partial charge in [-0.05, 0) is 19.1 Å². The van der Waals surface area contributed by atoms with Gasteiger partial charge in [0.1, 0.15) is 0 Å². The molecule has 0 atom stereocenters. The number of thiazole rings is 1. The summed E-state index contributed by atoms with van der Waals surface area (Å²) in [5.74, 6) is -0.250. The Morgan fingerprint density at radius 3 is 3.15 bits per heavy atom. The van der Waals surface area contributed by atoms with E-state index in [9.17, 15) is 4.79 Å². The van der Waals surface area contributed by atoms with E-state index >= 15 is 0 Å². The number of nitrogens with one attached hydrogen (secondary N) is 1. The Morgan fingerprint density at radius 2 is 2.40 bits per heavy atom. The van der Waals surface area contributed by atoms with Crippen molar-refractivity contribution >= 4 is 28.7 Å². The Hall–Kier alpha value is -2.28. The lowest BCUT2D eigenvalue weighted by atomic mass is 10.4. The van der Waals surface area contributed by atoms with Crippen LogP contribution < -0.4 is 5.43 Å². The van der Waals surface area contributed by atoms with Gasteiger partial charge in [0.25, 0.3) is 0 Å². The first kappa shape index (κ1) is 14.1. The van der Waals surface area contributed by atoms with Crippen molar-refractivity contribution in [3.8, 4) is 0 Å². The first-order valence-electron chi connectivity index (χ1n) is 6.08. The van der Waals surface area contributed by atoms with E-state index in [1.165, 1.54) is 11.3 Å². The van der Waals surface area contributed by atoms with Crippen molar-refractivity contribution < 1.29 is 9.53 Å². The molecule has 0 aliphatic rings. The van der Waals surface area contributed by atoms with Gasteiger partial charge in [0, 0.05) is 17.3 Å². The molecule has 0 amide bonds. The third-order valence-corrected chi connectivity index (χ3v) is 3.12. The number of pyridine rings is 1. The summed E-state index contributed by atoms with van der Waals surface area (Å²) in [7, 11) is 0. The second kappa shape index (κ2) is 7.34. The Bertz CT molecular complexity index is 583. The number of esters is 1. The first-order chi connectivity index (χ1) is 9.78. The molecule has 2 rings (SSSR count). The minimum atomic E-state index is -0.250. The van der Waals surface area contributed by atoms with Crippen molar-refractivity contribution in [2.75, 3.05) is 12.0 Å². The second-order valence-electron chi connectivity index (χ2n) is 3.74. The fourth-order valence-electron chi connectivity index (χ4n) is 1.40. The van der Waals surface area contributed by atoms with Gasteiger partial charge in [0.15, 0.2) is 0 Å². The van der Waals surface area contributed by atoms with Crippen LogP contribution in [0.25, 0.3) is 0 Å². The molecule has 2 aromatic heterocycles. The molecule has 0 saturated carbocycles. The molecule has 0 aliphatic heterocycles. The van der Waals surface area contributed by atoms with E-state index in [0.717, 1.165) is 10.6 Å². The van der Waals surface area contributed by atoms with Crippen LogP contribution in [0.3, 0.4) is 0 Å². The molecule has 104 valence electrons. The molecule has 20 heavy (non-hydrogen) atoms. The van der Waals surface area contributed by atoms with E-state index in [0.29, 0.717) is 11.7 Å². The summed E-state index contributed by atoms with van der Waals surface area (Å²) in [4.78, 5) is 20.4. The lowest BCUT2D eigenvalue weighted by Gasteiger charge is -1.97. The Labute approximate surface area is 120 Å². The van der Waals surface area contributed by atoms with Gasteiger partial charge < -0.3 is 4.74 Å². The van der Waals surface area contributed by atoms with Crippen LogP contribution in [0.5, 0.6) is 0 Å². The fraction of sp³-hybridized carbons (Fsp3) is 0.231. The molecular weight excluding hydrogens is 276 g/mol. The minimum absolute atomic E-state index is 0.233. The van der Waals surface area contributed by atoms with Gasteiger partial charge in [-0.3, -0.25) is 15.2 Å². The molecule has 0 unspecified atom stereocenters. The van der Waals surface area contributed by atoms with Crippen LogP contribution in [0.15, 0.2) is 35.7 Å². The molecule has 0 aromatic carbocycles. The Balaban J connectivity index is 1.87. The topological polar surface area (TPSA) is 76.5 Å². The zero-order valence-corrected chi connectivity index (χ0v) is 11.8. The van der Waals surface area contributed by atoms with E-state index in [1.807, 2.05) is 18.2 Å². The van der Waals surface area contributed by atoms with Crippen molar-refractivity contribution in [2.24, 2.45) is 5.10 Å². The van der Waals surface area contributed by atoms with E-state index in [4.69, 9.17) is 4.74 Å². The highest BCUT2D eigenvalue weighted by molar-refractivity contribution is 7.15. The molecule has 2 aromatic rings. The van der Waals surface area contributed by atoms with Crippen LogP contribution in [-0.2, 0) is 16.0 Å². The lowest BCUT2D eigenvalue weighted by Crippen LogP contribution is -2.06. The maximum Gasteiger partial charge on any atom is 0.311 e. The van der Waals surface area contributed by atoms with Gasteiger partial charge in [-0.1, -0.05) is 17.4 Å². The predicted octanol–water partition coefficient (Wildman–Crippen LogP) is 2.09. The maximum atomic E-state index is 11.3. The molecule has 6 nitrogen and oxygen atoms in total. The summed E-state index contributed by atoms with van der Waals surface area (Å²) in [5.41, 5.74) is 3.56. The number of hydrazone groups is 1. The zero-order chi connectivity index (χ0) is 14.2. The number of rotatable bonds is 6. The van der Waals surface area contributed by atoms with Gasteiger partial charge in [0.05, 0.1) is 24.9 Å².